The van der Waals surface area contributed by atoms with E-state index >= 15 is 0 Å². The maximum Gasteiger partial charge on any atom is 0.405 e. The summed E-state index contributed by atoms with van der Waals surface area (Å²) in [5, 5.41) is 11.0. The summed E-state index contributed by atoms with van der Waals surface area (Å²) in [6.07, 6.45) is -0.248. The molecular weight excluding hydrogens is 270 g/mol. The van der Waals surface area contributed by atoms with Crippen LogP contribution in [0.5, 0.6) is 5.75 Å². The zero-order chi connectivity index (χ0) is 15.7. The molecule has 2 N–H and O–H groups in total. The van der Waals surface area contributed by atoms with E-state index < -0.39 is 11.6 Å². The minimum absolute atomic E-state index is 0.606. The topological polar surface area (TPSA) is 67.8 Å². The van der Waals surface area contributed by atoms with Crippen LogP contribution in [-0.4, -0.2) is 37.1 Å². The standard InChI is InChI=1S/C16H21NO4/c1-16(2,17-15(18)19)10-9-13-5-7-14(8-6-13)21-12-4-11-20-3/h5-8,17H,4,11-12H2,1-3H3,(H,18,19). The van der Waals surface area contributed by atoms with E-state index in [1.54, 1.807) is 21.0 Å². The highest BCUT2D eigenvalue weighted by Gasteiger charge is 2.16. The first-order chi connectivity index (χ1) is 9.93. The van der Waals surface area contributed by atoms with Crippen LogP contribution in [0.2, 0.25) is 0 Å². The average Bonchev–Trinajstić information content (AvgIpc) is 2.41. The van der Waals surface area contributed by atoms with Crippen molar-refractivity contribution in [1.29, 1.82) is 0 Å². The van der Waals surface area contributed by atoms with Gasteiger partial charge in [-0.15, -0.1) is 0 Å². The van der Waals surface area contributed by atoms with Crippen molar-refractivity contribution in [3.63, 3.8) is 0 Å². The number of hydrogen-bond donors (Lipinski definition) is 2. The molecule has 5 heteroatoms. The number of methoxy groups -OCH3 is 1. The Morgan fingerprint density at radius 1 is 1.29 bits per heavy atom. The van der Waals surface area contributed by atoms with Crippen LogP contribution >= 0.6 is 0 Å². The number of hydrogen-bond acceptors (Lipinski definition) is 3. The molecule has 1 rings (SSSR count). The molecule has 1 aromatic rings. The van der Waals surface area contributed by atoms with Gasteiger partial charge < -0.3 is 19.9 Å². The monoisotopic (exact) mass is 291 g/mol. The minimum atomic E-state index is -1.09. The lowest BCUT2D eigenvalue weighted by Crippen LogP contribution is -2.41. The number of rotatable bonds is 6. The summed E-state index contributed by atoms with van der Waals surface area (Å²) in [5.74, 6) is 6.61. The first-order valence-electron chi connectivity index (χ1n) is 6.69. The van der Waals surface area contributed by atoms with E-state index in [4.69, 9.17) is 14.6 Å². The van der Waals surface area contributed by atoms with Crippen molar-refractivity contribution in [2.75, 3.05) is 20.3 Å². The van der Waals surface area contributed by atoms with E-state index in [9.17, 15) is 4.79 Å². The summed E-state index contributed by atoms with van der Waals surface area (Å²) >= 11 is 0. The molecule has 0 aromatic heterocycles. The van der Waals surface area contributed by atoms with Crippen LogP contribution in [0, 0.1) is 11.8 Å². The smallest absolute Gasteiger partial charge is 0.405 e. The van der Waals surface area contributed by atoms with Crippen LogP contribution < -0.4 is 10.1 Å². The Bertz CT molecular complexity index is 511. The minimum Gasteiger partial charge on any atom is -0.494 e. The van der Waals surface area contributed by atoms with Crippen molar-refractivity contribution in [2.24, 2.45) is 0 Å². The van der Waals surface area contributed by atoms with Crippen molar-refractivity contribution < 1.29 is 19.4 Å². The van der Waals surface area contributed by atoms with Gasteiger partial charge in [0.25, 0.3) is 0 Å². The molecule has 0 aliphatic carbocycles. The molecule has 0 spiro atoms. The summed E-state index contributed by atoms with van der Waals surface area (Å²) in [4.78, 5) is 10.6. The summed E-state index contributed by atoms with van der Waals surface area (Å²) < 4.78 is 10.5. The summed E-state index contributed by atoms with van der Waals surface area (Å²) in [6, 6.07) is 7.37. The molecule has 0 heterocycles. The summed E-state index contributed by atoms with van der Waals surface area (Å²) in [7, 11) is 1.66. The predicted octanol–water partition coefficient (Wildman–Crippen LogP) is 2.50. The Labute approximate surface area is 125 Å². The third-order valence-corrected chi connectivity index (χ3v) is 2.55. The van der Waals surface area contributed by atoms with Crippen molar-refractivity contribution in [1.82, 2.24) is 5.32 Å². The van der Waals surface area contributed by atoms with E-state index in [1.165, 1.54) is 0 Å². The van der Waals surface area contributed by atoms with Gasteiger partial charge in [-0.1, -0.05) is 11.8 Å². The molecule has 0 aliphatic rings. The molecule has 0 aliphatic heterocycles. The van der Waals surface area contributed by atoms with Gasteiger partial charge in [-0.2, -0.15) is 0 Å². The van der Waals surface area contributed by atoms with E-state index in [1.807, 2.05) is 24.3 Å². The molecule has 0 atom stereocenters. The van der Waals surface area contributed by atoms with Crippen LogP contribution in [0.15, 0.2) is 24.3 Å². The van der Waals surface area contributed by atoms with Crippen LogP contribution in [0.25, 0.3) is 0 Å². The highest BCUT2D eigenvalue weighted by molar-refractivity contribution is 5.66. The molecule has 0 radical (unpaired) electrons. The third kappa shape index (κ3) is 7.23. The maximum absolute atomic E-state index is 10.6. The average molecular weight is 291 g/mol. The number of benzene rings is 1. The van der Waals surface area contributed by atoms with Gasteiger partial charge in [-0.25, -0.2) is 4.79 Å². The molecule has 1 amide bonds. The van der Waals surface area contributed by atoms with Crippen molar-refractivity contribution in [3.8, 4) is 17.6 Å². The lowest BCUT2D eigenvalue weighted by Gasteiger charge is -2.16. The number of nitrogens with one attached hydrogen (secondary N) is 1. The molecule has 0 unspecified atom stereocenters. The van der Waals surface area contributed by atoms with Gasteiger partial charge in [-0.05, 0) is 38.1 Å². The first kappa shape index (κ1) is 16.9. The van der Waals surface area contributed by atoms with Gasteiger partial charge in [0.1, 0.15) is 5.75 Å². The van der Waals surface area contributed by atoms with Gasteiger partial charge in [-0.3, -0.25) is 0 Å². The SMILES string of the molecule is COCCCOc1ccc(C#CC(C)(C)NC(=O)O)cc1. The van der Waals surface area contributed by atoms with Crippen LogP contribution in [0.3, 0.4) is 0 Å². The lowest BCUT2D eigenvalue weighted by atomic mass is 10.1. The van der Waals surface area contributed by atoms with Gasteiger partial charge in [0, 0.05) is 25.7 Å². The second-order valence-corrected chi connectivity index (χ2v) is 5.02. The number of amides is 1. The number of carbonyl (C=O) groups is 1. The fourth-order valence-electron chi connectivity index (χ4n) is 1.55. The Hall–Kier alpha value is -2.19. The first-order valence-corrected chi connectivity index (χ1v) is 6.69. The highest BCUT2D eigenvalue weighted by Crippen LogP contribution is 2.12. The van der Waals surface area contributed by atoms with Gasteiger partial charge in [0.05, 0.1) is 12.1 Å². The normalized spacial score (nSPS) is 10.4. The Morgan fingerprint density at radius 2 is 1.95 bits per heavy atom. The molecule has 114 valence electrons. The Balaban J connectivity index is 2.57. The van der Waals surface area contributed by atoms with Crippen LogP contribution in [0.4, 0.5) is 4.79 Å². The molecular formula is C16H21NO4. The Kier molecular flexibility index (Phi) is 6.57. The predicted molar refractivity (Wildman–Crippen MR) is 80.5 cm³/mol. The molecule has 0 saturated heterocycles. The van der Waals surface area contributed by atoms with E-state index in [0.717, 1.165) is 17.7 Å². The van der Waals surface area contributed by atoms with Crippen molar-refractivity contribution >= 4 is 6.09 Å². The van der Waals surface area contributed by atoms with E-state index in [-0.39, 0.29) is 0 Å². The fraction of sp³-hybridized carbons (Fsp3) is 0.438. The van der Waals surface area contributed by atoms with Gasteiger partial charge in [0.15, 0.2) is 0 Å². The number of ether oxygens (including phenoxy) is 2. The molecule has 1 aromatic carbocycles. The molecule has 0 saturated carbocycles. The fourth-order valence-corrected chi connectivity index (χ4v) is 1.55. The second-order valence-electron chi connectivity index (χ2n) is 5.02. The van der Waals surface area contributed by atoms with E-state index in [0.29, 0.717) is 13.2 Å². The van der Waals surface area contributed by atoms with E-state index in [2.05, 4.69) is 17.2 Å². The molecule has 5 nitrogen and oxygen atoms in total. The van der Waals surface area contributed by atoms with Crippen LogP contribution in [0.1, 0.15) is 25.8 Å². The summed E-state index contributed by atoms with van der Waals surface area (Å²) in [5.41, 5.74) is 0.0146. The van der Waals surface area contributed by atoms with Gasteiger partial charge >= 0.3 is 6.09 Å². The molecule has 21 heavy (non-hydrogen) atoms. The number of carboxylic acid groups (broad SMARTS) is 1. The zero-order valence-electron chi connectivity index (χ0n) is 12.6. The molecule has 0 bridgehead atoms. The van der Waals surface area contributed by atoms with Gasteiger partial charge in [0.2, 0.25) is 0 Å². The lowest BCUT2D eigenvalue weighted by molar-refractivity contribution is 0.172. The molecule has 0 fully saturated rings. The maximum atomic E-state index is 10.6. The van der Waals surface area contributed by atoms with Crippen LogP contribution in [-0.2, 0) is 4.74 Å². The largest absolute Gasteiger partial charge is 0.494 e. The third-order valence-electron chi connectivity index (χ3n) is 2.55. The van der Waals surface area contributed by atoms with Crippen molar-refractivity contribution in [3.05, 3.63) is 29.8 Å². The Morgan fingerprint density at radius 3 is 2.52 bits per heavy atom. The zero-order valence-corrected chi connectivity index (χ0v) is 12.6. The quantitative estimate of drug-likeness (QED) is 0.624. The summed E-state index contributed by atoms with van der Waals surface area (Å²) in [6.45, 7) is 4.70. The van der Waals surface area contributed by atoms with Crippen molar-refractivity contribution in [2.45, 2.75) is 25.8 Å². The second kappa shape index (κ2) is 8.18. The highest BCUT2D eigenvalue weighted by atomic mass is 16.5.